The first-order chi connectivity index (χ1) is 13.7. The SMILES string of the molecule is O=C(CCN1CC[C@@]23CCCC[C@H]2[C@@H]1Cc1ccc(O)cc13)c1ccccc1. The van der Waals surface area contributed by atoms with E-state index in [1.165, 1.54) is 36.8 Å². The van der Waals surface area contributed by atoms with Crippen molar-refractivity contribution in [2.45, 2.75) is 56.4 Å². The molecule has 28 heavy (non-hydrogen) atoms. The molecule has 146 valence electrons. The van der Waals surface area contributed by atoms with Crippen molar-refractivity contribution < 1.29 is 9.90 Å². The predicted molar refractivity (Wildman–Crippen MR) is 111 cm³/mol. The summed E-state index contributed by atoms with van der Waals surface area (Å²) in [5.74, 6) is 1.32. The van der Waals surface area contributed by atoms with Crippen LogP contribution in [-0.2, 0) is 11.8 Å². The second-order valence-corrected chi connectivity index (χ2v) is 8.95. The molecule has 2 aromatic rings. The summed E-state index contributed by atoms with van der Waals surface area (Å²) in [4.78, 5) is 15.2. The molecule has 3 atom stereocenters. The molecule has 2 aromatic carbocycles. The molecule has 2 fully saturated rings. The summed E-state index contributed by atoms with van der Waals surface area (Å²) in [5, 5.41) is 10.1. The zero-order valence-electron chi connectivity index (χ0n) is 16.4. The standard InChI is InChI=1S/C25H29NO2/c27-20-10-9-19-16-23-21-8-4-5-12-25(21,22(19)17-20)13-15-26(23)14-11-24(28)18-6-2-1-3-7-18/h1-3,6-7,9-10,17,21,23,27H,4-5,8,11-16H2/t21-,23-,25-/m0/s1. The Morgan fingerprint density at radius 1 is 1.11 bits per heavy atom. The van der Waals surface area contributed by atoms with Gasteiger partial charge in [-0.2, -0.15) is 0 Å². The molecule has 3 heteroatoms. The molecule has 1 saturated carbocycles. The minimum atomic E-state index is 0.245. The summed E-state index contributed by atoms with van der Waals surface area (Å²) in [6, 6.07) is 16.3. The van der Waals surface area contributed by atoms with Gasteiger partial charge in [0.1, 0.15) is 5.75 Å². The van der Waals surface area contributed by atoms with Crippen LogP contribution in [0.4, 0.5) is 0 Å². The number of phenolic OH excluding ortho intramolecular Hbond substituents is 1. The van der Waals surface area contributed by atoms with Gasteiger partial charge in [0.15, 0.2) is 5.78 Å². The van der Waals surface area contributed by atoms with E-state index in [0.29, 0.717) is 24.1 Å². The van der Waals surface area contributed by atoms with Crippen molar-refractivity contribution in [1.29, 1.82) is 0 Å². The summed E-state index contributed by atoms with van der Waals surface area (Å²) in [7, 11) is 0. The van der Waals surface area contributed by atoms with Crippen molar-refractivity contribution in [3.8, 4) is 5.75 Å². The molecule has 5 rings (SSSR count). The van der Waals surface area contributed by atoms with Crippen LogP contribution < -0.4 is 0 Å². The Kier molecular flexibility index (Phi) is 4.51. The van der Waals surface area contributed by atoms with Crippen LogP contribution in [0.1, 0.15) is 60.0 Å². The summed E-state index contributed by atoms with van der Waals surface area (Å²) in [6.45, 7) is 1.93. The lowest BCUT2D eigenvalue weighted by Gasteiger charge is -2.59. The first-order valence-electron chi connectivity index (χ1n) is 10.8. The van der Waals surface area contributed by atoms with E-state index in [1.807, 2.05) is 36.4 Å². The summed E-state index contributed by atoms with van der Waals surface area (Å²) < 4.78 is 0. The van der Waals surface area contributed by atoms with E-state index in [1.54, 1.807) is 0 Å². The molecule has 1 heterocycles. The molecule has 0 spiro atoms. The number of piperidine rings is 1. The number of aromatic hydroxyl groups is 1. The number of carbonyl (C=O) groups is 1. The minimum absolute atomic E-state index is 0.245. The second kappa shape index (κ2) is 7.04. The number of ketones is 1. The zero-order valence-corrected chi connectivity index (χ0v) is 16.4. The van der Waals surface area contributed by atoms with Gasteiger partial charge in [0, 0.05) is 30.0 Å². The Balaban J connectivity index is 1.39. The predicted octanol–water partition coefficient (Wildman–Crippen LogP) is 4.72. The third-order valence-electron chi connectivity index (χ3n) is 7.66. The van der Waals surface area contributed by atoms with Gasteiger partial charge in [0.25, 0.3) is 0 Å². The van der Waals surface area contributed by atoms with Gasteiger partial charge in [-0.25, -0.2) is 0 Å². The lowest BCUT2D eigenvalue weighted by molar-refractivity contribution is -0.0110. The molecule has 0 unspecified atom stereocenters. The van der Waals surface area contributed by atoms with E-state index in [4.69, 9.17) is 0 Å². The van der Waals surface area contributed by atoms with Crippen LogP contribution >= 0.6 is 0 Å². The van der Waals surface area contributed by atoms with Crippen LogP contribution in [0.5, 0.6) is 5.75 Å². The highest BCUT2D eigenvalue weighted by atomic mass is 16.3. The number of likely N-dealkylation sites (tertiary alicyclic amines) is 1. The average molecular weight is 376 g/mol. The maximum absolute atomic E-state index is 12.6. The van der Waals surface area contributed by atoms with Gasteiger partial charge in [-0.05, 0) is 61.4 Å². The van der Waals surface area contributed by atoms with Crippen LogP contribution in [0.25, 0.3) is 0 Å². The van der Waals surface area contributed by atoms with E-state index in [9.17, 15) is 9.90 Å². The minimum Gasteiger partial charge on any atom is -0.508 e. The van der Waals surface area contributed by atoms with Crippen LogP contribution in [0.3, 0.4) is 0 Å². The number of hydrogen-bond acceptors (Lipinski definition) is 3. The Morgan fingerprint density at radius 2 is 1.96 bits per heavy atom. The van der Waals surface area contributed by atoms with E-state index in [-0.39, 0.29) is 11.2 Å². The molecule has 3 aliphatic rings. The van der Waals surface area contributed by atoms with Crippen molar-refractivity contribution in [1.82, 2.24) is 4.90 Å². The quantitative estimate of drug-likeness (QED) is 0.786. The fourth-order valence-electron chi connectivity index (χ4n) is 6.36. The Labute approximate surface area is 167 Å². The zero-order chi connectivity index (χ0) is 19.1. The number of nitrogens with zero attached hydrogens (tertiary/aromatic N) is 1. The highest BCUT2D eigenvalue weighted by molar-refractivity contribution is 5.96. The van der Waals surface area contributed by atoms with Crippen molar-refractivity contribution >= 4 is 5.78 Å². The number of hydrogen-bond donors (Lipinski definition) is 1. The second-order valence-electron chi connectivity index (χ2n) is 8.95. The van der Waals surface area contributed by atoms with Crippen molar-refractivity contribution in [3.63, 3.8) is 0 Å². The molecule has 2 bridgehead atoms. The highest BCUT2D eigenvalue weighted by Crippen LogP contribution is 2.56. The summed E-state index contributed by atoms with van der Waals surface area (Å²) in [5.41, 5.74) is 3.92. The largest absolute Gasteiger partial charge is 0.508 e. The first kappa shape index (κ1) is 17.9. The normalized spacial score (nSPS) is 29.0. The lowest BCUT2D eigenvalue weighted by atomic mass is 9.52. The van der Waals surface area contributed by atoms with Crippen molar-refractivity contribution in [2.24, 2.45) is 5.92 Å². The number of phenols is 1. The van der Waals surface area contributed by atoms with E-state index < -0.39 is 0 Å². The van der Waals surface area contributed by atoms with E-state index >= 15 is 0 Å². The summed E-state index contributed by atoms with van der Waals surface area (Å²) in [6.07, 6.45) is 7.96. The maximum atomic E-state index is 12.6. The van der Waals surface area contributed by atoms with Gasteiger partial charge in [-0.1, -0.05) is 49.2 Å². The molecular weight excluding hydrogens is 346 g/mol. The lowest BCUT2D eigenvalue weighted by Crippen LogP contribution is -2.61. The van der Waals surface area contributed by atoms with Gasteiger partial charge in [0.05, 0.1) is 0 Å². The number of benzene rings is 2. The maximum Gasteiger partial charge on any atom is 0.164 e. The third-order valence-corrected chi connectivity index (χ3v) is 7.66. The smallest absolute Gasteiger partial charge is 0.164 e. The van der Waals surface area contributed by atoms with Crippen molar-refractivity contribution in [2.75, 3.05) is 13.1 Å². The third kappa shape index (κ3) is 2.88. The topological polar surface area (TPSA) is 40.5 Å². The molecule has 2 aliphatic carbocycles. The first-order valence-corrected chi connectivity index (χ1v) is 10.8. The number of rotatable bonds is 4. The molecule has 1 saturated heterocycles. The molecule has 0 amide bonds. The van der Waals surface area contributed by atoms with Crippen LogP contribution in [0, 0.1) is 5.92 Å². The van der Waals surface area contributed by atoms with Gasteiger partial charge >= 0.3 is 0 Å². The Hall–Kier alpha value is -2.13. The van der Waals surface area contributed by atoms with E-state index in [0.717, 1.165) is 31.5 Å². The van der Waals surface area contributed by atoms with Crippen LogP contribution in [-0.4, -0.2) is 34.9 Å². The molecule has 1 aliphatic heterocycles. The van der Waals surface area contributed by atoms with Crippen LogP contribution in [0.15, 0.2) is 48.5 Å². The Morgan fingerprint density at radius 3 is 2.82 bits per heavy atom. The van der Waals surface area contributed by atoms with E-state index in [2.05, 4.69) is 17.0 Å². The van der Waals surface area contributed by atoms with Gasteiger partial charge in [-0.15, -0.1) is 0 Å². The van der Waals surface area contributed by atoms with Crippen LogP contribution in [0.2, 0.25) is 0 Å². The Bertz CT molecular complexity index is 877. The fraction of sp³-hybridized carbons (Fsp3) is 0.480. The molecule has 1 N–H and O–H groups in total. The van der Waals surface area contributed by atoms with Gasteiger partial charge in [0.2, 0.25) is 0 Å². The molecule has 3 nitrogen and oxygen atoms in total. The average Bonchev–Trinajstić information content (AvgIpc) is 2.74. The van der Waals surface area contributed by atoms with Gasteiger partial charge in [-0.3, -0.25) is 9.69 Å². The number of Topliss-reactive ketones (excluding diaryl/α,β-unsaturated/α-hetero) is 1. The summed E-state index contributed by atoms with van der Waals surface area (Å²) >= 11 is 0. The molecular formula is C25H29NO2. The fourth-order valence-corrected chi connectivity index (χ4v) is 6.36. The van der Waals surface area contributed by atoms with Crippen molar-refractivity contribution in [3.05, 3.63) is 65.2 Å². The number of fused-ring (bicyclic) bond motifs is 1. The molecule has 0 radical (unpaired) electrons. The number of carbonyl (C=O) groups excluding carboxylic acids is 1. The van der Waals surface area contributed by atoms with Gasteiger partial charge < -0.3 is 5.11 Å². The highest BCUT2D eigenvalue weighted by Gasteiger charge is 2.53. The molecule has 0 aromatic heterocycles. The monoisotopic (exact) mass is 375 g/mol.